The van der Waals surface area contributed by atoms with Crippen LogP contribution < -0.4 is 9.04 Å². The molecule has 0 fully saturated rings. The number of rotatable bonds is 2. The van der Waals surface area contributed by atoms with E-state index in [0.717, 1.165) is 5.56 Å². The van der Waals surface area contributed by atoms with E-state index in [1.807, 2.05) is 32.0 Å². The van der Waals surface area contributed by atoms with Gasteiger partial charge in [-0.15, -0.1) is 0 Å². The summed E-state index contributed by atoms with van der Waals surface area (Å²) in [6.07, 6.45) is -0.285. The van der Waals surface area contributed by atoms with E-state index in [1.54, 1.807) is 18.2 Å². The van der Waals surface area contributed by atoms with Crippen molar-refractivity contribution in [3.63, 3.8) is 0 Å². The van der Waals surface area contributed by atoms with E-state index in [-0.39, 0.29) is 23.1 Å². The number of benzene rings is 2. The fourth-order valence-corrected chi connectivity index (χ4v) is 4.99. The van der Waals surface area contributed by atoms with Crippen LogP contribution >= 0.6 is 15.9 Å². The second kappa shape index (κ2) is 6.11. The molecular weight excluding hydrogens is 392 g/mol. The Balaban J connectivity index is 2.19. The van der Waals surface area contributed by atoms with Crippen LogP contribution in [0.25, 0.3) is 0 Å². The molecule has 0 unspecified atom stereocenters. The van der Waals surface area contributed by atoms with Crippen LogP contribution in [0.2, 0.25) is 0 Å². The molecule has 0 saturated heterocycles. The van der Waals surface area contributed by atoms with Gasteiger partial charge in [-0.25, -0.2) is 8.42 Å². The summed E-state index contributed by atoms with van der Waals surface area (Å²) in [5.41, 5.74) is 1.58. The minimum absolute atomic E-state index is 0.0139. The quantitative estimate of drug-likeness (QED) is 0.763. The van der Waals surface area contributed by atoms with Gasteiger partial charge in [0.25, 0.3) is 10.0 Å². The summed E-state index contributed by atoms with van der Waals surface area (Å²) < 4.78 is 34.0. The molecule has 24 heavy (non-hydrogen) atoms. The van der Waals surface area contributed by atoms with E-state index in [0.29, 0.717) is 15.9 Å². The Labute approximate surface area is 149 Å². The van der Waals surface area contributed by atoms with Crippen molar-refractivity contribution in [3.8, 4) is 11.8 Å². The predicted octanol–water partition coefficient (Wildman–Crippen LogP) is 3.61. The molecule has 1 aliphatic heterocycles. The lowest BCUT2D eigenvalue weighted by Gasteiger charge is -2.34. The van der Waals surface area contributed by atoms with Gasteiger partial charge in [0.05, 0.1) is 17.8 Å². The van der Waals surface area contributed by atoms with Crippen molar-refractivity contribution in [1.29, 1.82) is 5.26 Å². The second-order valence-corrected chi connectivity index (χ2v) is 8.35. The number of hydrogen-bond donors (Lipinski definition) is 0. The zero-order chi connectivity index (χ0) is 17.5. The molecule has 2 aromatic rings. The minimum Gasteiger partial charge on any atom is -0.487 e. The average molecular weight is 407 g/mol. The van der Waals surface area contributed by atoms with Crippen LogP contribution in [0.3, 0.4) is 0 Å². The van der Waals surface area contributed by atoms with Crippen LogP contribution in [-0.2, 0) is 10.0 Å². The fraction of sp³-hybridized carbons (Fsp3) is 0.235. The zero-order valence-electron chi connectivity index (χ0n) is 13.2. The van der Waals surface area contributed by atoms with Gasteiger partial charge in [0.2, 0.25) is 0 Å². The second-order valence-electron chi connectivity index (χ2n) is 5.66. The van der Waals surface area contributed by atoms with E-state index in [4.69, 9.17) is 4.74 Å². The summed E-state index contributed by atoms with van der Waals surface area (Å²) in [4.78, 5) is -0.0139. The summed E-state index contributed by atoms with van der Waals surface area (Å²) in [5.74, 6) is 0.533. The van der Waals surface area contributed by atoms with E-state index in [1.165, 1.54) is 10.4 Å². The first-order chi connectivity index (χ1) is 11.3. The lowest BCUT2D eigenvalue weighted by atomic mass is 10.2. The molecule has 2 aromatic carbocycles. The monoisotopic (exact) mass is 406 g/mol. The topological polar surface area (TPSA) is 70.4 Å². The largest absolute Gasteiger partial charge is 0.487 e. The van der Waals surface area contributed by atoms with Gasteiger partial charge in [0.1, 0.15) is 22.8 Å². The molecule has 0 aliphatic carbocycles. The number of hydrogen-bond acceptors (Lipinski definition) is 4. The maximum absolute atomic E-state index is 13.2. The molecule has 3 rings (SSSR count). The summed E-state index contributed by atoms with van der Waals surface area (Å²) in [6, 6.07) is 12.1. The molecule has 1 heterocycles. The van der Waals surface area contributed by atoms with Gasteiger partial charge in [-0.3, -0.25) is 4.31 Å². The number of nitrogens with zero attached hydrogens (tertiary/aromatic N) is 2. The summed E-state index contributed by atoms with van der Waals surface area (Å²) in [6.45, 7) is 3.93. The van der Waals surface area contributed by atoms with Crippen molar-refractivity contribution in [2.75, 3.05) is 10.8 Å². The Bertz CT molecular complexity index is 951. The number of halogens is 1. The number of ether oxygens (including phenoxy) is 1. The average Bonchev–Trinajstić information content (AvgIpc) is 2.53. The summed E-state index contributed by atoms with van der Waals surface area (Å²) in [5, 5.41) is 9.36. The number of fused-ring (bicyclic) bond motifs is 1. The molecule has 0 saturated carbocycles. The van der Waals surface area contributed by atoms with Gasteiger partial charge in [-0.1, -0.05) is 12.1 Å². The van der Waals surface area contributed by atoms with Crippen LogP contribution in [0.1, 0.15) is 18.1 Å². The zero-order valence-corrected chi connectivity index (χ0v) is 15.6. The molecule has 124 valence electrons. The first-order valence-corrected chi connectivity index (χ1v) is 9.56. The van der Waals surface area contributed by atoms with Crippen LogP contribution in [-0.4, -0.2) is 21.1 Å². The lowest BCUT2D eigenvalue weighted by Crippen LogP contribution is -2.42. The maximum Gasteiger partial charge on any atom is 0.265 e. The van der Waals surface area contributed by atoms with E-state index < -0.39 is 10.0 Å². The van der Waals surface area contributed by atoms with Crippen molar-refractivity contribution in [1.82, 2.24) is 0 Å². The van der Waals surface area contributed by atoms with Crippen molar-refractivity contribution in [3.05, 3.63) is 52.0 Å². The Morgan fingerprint density at radius 2 is 2.08 bits per heavy atom. The lowest BCUT2D eigenvalue weighted by molar-refractivity contribution is 0.219. The molecule has 0 spiro atoms. The van der Waals surface area contributed by atoms with E-state index in [2.05, 4.69) is 15.9 Å². The highest BCUT2D eigenvalue weighted by Gasteiger charge is 2.34. The molecular formula is C17H15BrN2O3S. The minimum atomic E-state index is -3.89. The molecule has 1 atom stereocenters. The molecule has 0 radical (unpaired) electrons. The van der Waals surface area contributed by atoms with Crippen molar-refractivity contribution >= 4 is 31.6 Å². The third-order valence-electron chi connectivity index (χ3n) is 3.79. The maximum atomic E-state index is 13.2. The fourth-order valence-electron chi connectivity index (χ4n) is 2.68. The molecule has 1 aliphatic rings. The Hall–Kier alpha value is -2.04. The van der Waals surface area contributed by atoms with Crippen LogP contribution in [0.5, 0.6) is 5.75 Å². The smallest absolute Gasteiger partial charge is 0.265 e. The van der Waals surface area contributed by atoms with Crippen molar-refractivity contribution in [2.24, 2.45) is 0 Å². The number of nitriles is 1. The van der Waals surface area contributed by atoms with Gasteiger partial charge >= 0.3 is 0 Å². The SMILES string of the molecule is Cc1ccc2c(c1)O[C@@H](C)CN2S(=O)(=O)c1cccc(Br)c1C#N. The van der Waals surface area contributed by atoms with Gasteiger partial charge < -0.3 is 4.74 Å². The molecule has 5 nitrogen and oxygen atoms in total. The number of anilines is 1. The Kier molecular flexibility index (Phi) is 4.28. The van der Waals surface area contributed by atoms with Gasteiger partial charge in [0.15, 0.2) is 0 Å². The van der Waals surface area contributed by atoms with Gasteiger partial charge in [-0.2, -0.15) is 5.26 Å². The highest BCUT2D eigenvalue weighted by molar-refractivity contribution is 9.10. The van der Waals surface area contributed by atoms with Crippen molar-refractivity contribution < 1.29 is 13.2 Å². The summed E-state index contributed by atoms with van der Waals surface area (Å²) >= 11 is 3.25. The predicted molar refractivity (Wildman–Crippen MR) is 94.7 cm³/mol. The Morgan fingerprint density at radius 1 is 1.33 bits per heavy atom. The molecule has 7 heteroatoms. The Morgan fingerprint density at radius 3 is 2.79 bits per heavy atom. The highest BCUT2D eigenvalue weighted by atomic mass is 79.9. The highest BCUT2D eigenvalue weighted by Crippen LogP contribution is 2.38. The van der Waals surface area contributed by atoms with E-state index >= 15 is 0 Å². The molecule has 0 bridgehead atoms. The van der Waals surface area contributed by atoms with Crippen LogP contribution in [0, 0.1) is 18.3 Å². The van der Waals surface area contributed by atoms with Crippen LogP contribution in [0.4, 0.5) is 5.69 Å². The normalized spacial score (nSPS) is 16.9. The van der Waals surface area contributed by atoms with Gasteiger partial charge in [0, 0.05) is 4.47 Å². The van der Waals surface area contributed by atoms with Crippen molar-refractivity contribution in [2.45, 2.75) is 24.8 Å². The molecule has 0 N–H and O–H groups in total. The number of aryl methyl sites for hydroxylation is 1. The van der Waals surface area contributed by atoms with Crippen LogP contribution in [0.15, 0.2) is 45.8 Å². The van der Waals surface area contributed by atoms with E-state index in [9.17, 15) is 13.7 Å². The third-order valence-corrected chi connectivity index (χ3v) is 6.27. The standard InChI is InChI=1S/C17H15BrN2O3S/c1-11-6-7-15-16(8-11)23-12(2)10-20(15)24(21,22)17-5-3-4-14(18)13(17)9-19/h3-8,12H,10H2,1-2H3/t12-/m0/s1. The number of sulfonamides is 1. The molecule has 0 aromatic heterocycles. The first kappa shape index (κ1) is 16.8. The summed E-state index contributed by atoms with van der Waals surface area (Å²) in [7, 11) is -3.89. The third kappa shape index (κ3) is 2.76. The van der Waals surface area contributed by atoms with Gasteiger partial charge in [-0.05, 0) is 59.6 Å². The molecule has 0 amide bonds. The first-order valence-electron chi connectivity index (χ1n) is 7.33.